The minimum atomic E-state index is -0.536. The molecule has 0 fully saturated rings. The highest BCUT2D eigenvalue weighted by atomic mass is 16.5. The first-order valence-corrected chi connectivity index (χ1v) is 10.7. The number of rotatable bonds is 8. The van der Waals surface area contributed by atoms with E-state index in [9.17, 15) is 14.9 Å². The van der Waals surface area contributed by atoms with Crippen LogP contribution >= 0.6 is 0 Å². The molecule has 1 amide bonds. The average Bonchev–Trinajstić information content (AvgIpc) is 2.83. The molecule has 0 saturated heterocycles. The lowest BCUT2D eigenvalue weighted by atomic mass is 9.86. The quantitative estimate of drug-likeness (QED) is 0.284. The third kappa shape index (κ3) is 4.90. The number of hydrogen-bond donors (Lipinski definition) is 1. The number of hydrogen-bond acceptors (Lipinski definition) is 6. The predicted molar refractivity (Wildman–Crippen MR) is 127 cm³/mol. The van der Waals surface area contributed by atoms with Crippen LogP contribution in [0.3, 0.4) is 0 Å². The van der Waals surface area contributed by atoms with Crippen LogP contribution in [0, 0.1) is 11.3 Å². The maximum atomic E-state index is 13.0. The second-order valence-electron chi connectivity index (χ2n) is 7.59. The van der Waals surface area contributed by atoms with Crippen molar-refractivity contribution < 1.29 is 19.1 Å². The molecule has 3 rings (SSSR count). The highest BCUT2D eigenvalue weighted by molar-refractivity contribution is 6.12. The second-order valence-corrected chi connectivity index (χ2v) is 7.59. The van der Waals surface area contributed by atoms with Gasteiger partial charge in [-0.25, -0.2) is 4.79 Å². The molecule has 0 bridgehead atoms. The van der Waals surface area contributed by atoms with Crippen LogP contribution in [-0.2, 0) is 14.3 Å². The molecule has 33 heavy (non-hydrogen) atoms. The number of benzene rings is 2. The van der Waals surface area contributed by atoms with Crippen LogP contribution in [0.25, 0.3) is 5.57 Å². The van der Waals surface area contributed by atoms with Crippen molar-refractivity contribution in [2.24, 2.45) is 0 Å². The van der Waals surface area contributed by atoms with Crippen molar-refractivity contribution in [1.29, 1.82) is 5.26 Å². The zero-order valence-corrected chi connectivity index (χ0v) is 19.1. The monoisotopic (exact) mass is 445 g/mol. The van der Waals surface area contributed by atoms with Gasteiger partial charge in [-0.1, -0.05) is 31.7 Å². The molecule has 1 aliphatic heterocycles. The summed E-state index contributed by atoms with van der Waals surface area (Å²) in [7, 11) is 1.58. The van der Waals surface area contributed by atoms with Gasteiger partial charge in [-0.05, 0) is 37.6 Å². The Morgan fingerprint density at radius 1 is 1.15 bits per heavy atom. The molecule has 0 aliphatic carbocycles. The summed E-state index contributed by atoms with van der Waals surface area (Å²) in [4.78, 5) is 26.8. The van der Waals surface area contributed by atoms with E-state index in [2.05, 4.69) is 29.8 Å². The molecule has 0 aromatic heterocycles. The minimum Gasteiger partial charge on any atom is -0.497 e. The van der Waals surface area contributed by atoms with Crippen LogP contribution in [0.2, 0.25) is 0 Å². The van der Waals surface area contributed by atoms with Crippen molar-refractivity contribution in [1.82, 2.24) is 5.32 Å². The number of methoxy groups -OCH3 is 1. The second kappa shape index (κ2) is 10.5. The molecule has 0 saturated carbocycles. The Morgan fingerprint density at radius 3 is 2.55 bits per heavy atom. The Kier molecular flexibility index (Phi) is 7.52. The predicted octanol–water partition coefficient (Wildman–Crippen LogP) is 4.12. The van der Waals surface area contributed by atoms with Gasteiger partial charge in [0.25, 0.3) is 5.91 Å². The molecule has 2 aromatic carbocycles. The van der Waals surface area contributed by atoms with E-state index in [1.54, 1.807) is 14.0 Å². The lowest BCUT2D eigenvalue weighted by Gasteiger charge is -2.35. The minimum absolute atomic E-state index is 0.0145. The van der Waals surface area contributed by atoms with E-state index >= 15 is 0 Å². The SMILES string of the molecule is C=C(C)C(=O)OCCNC(=O)/C(C#N)=C1\c2ccccc2N(CCC)c2ccc(OC)cc21. The number of anilines is 2. The summed E-state index contributed by atoms with van der Waals surface area (Å²) in [6.45, 7) is 8.01. The molecular formula is C26H27N3O4. The summed E-state index contributed by atoms with van der Waals surface area (Å²) in [5, 5.41) is 12.7. The first-order chi connectivity index (χ1) is 15.9. The van der Waals surface area contributed by atoms with Gasteiger partial charge in [-0.2, -0.15) is 5.26 Å². The number of carbonyl (C=O) groups excluding carboxylic acids is 2. The molecule has 0 spiro atoms. The normalized spacial score (nSPS) is 13.2. The molecule has 0 atom stereocenters. The Bertz CT molecular complexity index is 1160. The van der Waals surface area contributed by atoms with Gasteiger partial charge in [0.05, 0.1) is 13.7 Å². The van der Waals surface area contributed by atoms with Gasteiger partial charge in [0, 0.05) is 40.2 Å². The molecule has 7 heteroatoms. The van der Waals surface area contributed by atoms with Crippen LogP contribution in [0.4, 0.5) is 11.4 Å². The first-order valence-electron chi connectivity index (χ1n) is 10.7. The van der Waals surface area contributed by atoms with Gasteiger partial charge in [0.15, 0.2) is 0 Å². The third-order valence-corrected chi connectivity index (χ3v) is 5.23. The number of carbonyl (C=O) groups is 2. The van der Waals surface area contributed by atoms with E-state index in [1.165, 1.54) is 0 Å². The third-order valence-electron chi connectivity index (χ3n) is 5.23. The Labute approximate surface area is 193 Å². The number of esters is 1. The number of amides is 1. The zero-order valence-electron chi connectivity index (χ0n) is 19.1. The number of fused-ring (bicyclic) bond motifs is 2. The summed E-state index contributed by atoms with van der Waals surface area (Å²) in [5.74, 6) is -0.431. The topological polar surface area (TPSA) is 91.7 Å². The summed E-state index contributed by atoms with van der Waals surface area (Å²) in [5.41, 5.74) is 4.20. The van der Waals surface area contributed by atoms with Crippen LogP contribution in [0.15, 0.2) is 60.2 Å². The van der Waals surface area contributed by atoms with Gasteiger partial charge in [-0.3, -0.25) is 4.79 Å². The first kappa shape index (κ1) is 23.6. The van der Waals surface area contributed by atoms with E-state index in [1.807, 2.05) is 42.5 Å². The fourth-order valence-electron chi connectivity index (χ4n) is 3.75. The standard InChI is InChI=1S/C26H27N3O4/c1-5-13-29-22-9-7-6-8-19(22)24(20-15-18(32-4)10-11-23(20)29)21(16-27)25(30)28-12-14-33-26(31)17(2)3/h6-11,15H,2,5,12-14H2,1,3-4H3,(H,28,30)/b24-21+. The van der Waals surface area contributed by atoms with Crippen molar-refractivity contribution in [2.45, 2.75) is 20.3 Å². The molecular weight excluding hydrogens is 418 g/mol. The number of para-hydroxylation sites is 1. The summed E-state index contributed by atoms with van der Waals surface area (Å²) in [6, 6.07) is 15.5. The Balaban J connectivity index is 2.05. The fraction of sp³-hybridized carbons (Fsp3) is 0.269. The van der Waals surface area contributed by atoms with E-state index < -0.39 is 11.9 Å². The van der Waals surface area contributed by atoms with Crippen molar-refractivity contribution in [3.05, 3.63) is 71.3 Å². The Hall–Kier alpha value is -4.05. The Morgan fingerprint density at radius 2 is 1.88 bits per heavy atom. The van der Waals surface area contributed by atoms with E-state index in [0.717, 1.165) is 35.5 Å². The zero-order chi connectivity index (χ0) is 24.0. The smallest absolute Gasteiger partial charge is 0.333 e. The number of nitrogens with zero attached hydrogens (tertiary/aromatic N) is 2. The lowest BCUT2D eigenvalue weighted by Crippen LogP contribution is -2.31. The van der Waals surface area contributed by atoms with Crippen LogP contribution in [-0.4, -0.2) is 38.7 Å². The largest absolute Gasteiger partial charge is 0.497 e. The summed E-state index contributed by atoms with van der Waals surface area (Å²) in [6.07, 6.45) is 0.924. The number of nitrogens with one attached hydrogen (secondary N) is 1. The van der Waals surface area contributed by atoms with Crippen molar-refractivity contribution in [3.63, 3.8) is 0 Å². The molecule has 1 heterocycles. The molecule has 0 unspecified atom stereocenters. The van der Waals surface area contributed by atoms with Gasteiger partial charge < -0.3 is 19.7 Å². The highest BCUT2D eigenvalue weighted by Crippen LogP contribution is 2.47. The van der Waals surface area contributed by atoms with Gasteiger partial charge in [-0.15, -0.1) is 0 Å². The van der Waals surface area contributed by atoms with Crippen LogP contribution < -0.4 is 15.0 Å². The maximum absolute atomic E-state index is 13.0. The summed E-state index contributed by atoms with van der Waals surface area (Å²) < 4.78 is 10.4. The number of ether oxygens (including phenoxy) is 2. The van der Waals surface area contributed by atoms with Gasteiger partial charge in [0.2, 0.25) is 0 Å². The molecule has 2 aromatic rings. The van der Waals surface area contributed by atoms with E-state index in [0.29, 0.717) is 11.3 Å². The van der Waals surface area contributed by atoms with Crippen molar-refractivity contribution in [2.75, 3.05) is 31.7 Å². The van der Waals surface area contributed by atoms with Crippen LogP contribution in [0.1, 0.15) is 31.4 Å². The summed E-state index contributed by atoms with van der Waals surface area (Å²) >= 11 is 0. The molecule has 1 N–H and O–H groups in total. The fourth-order valence-corrected chi connectivity index (χ4v) is 3.75. The van der Waals surface area contributed by atoms with Crippen molar-refractivity contribution in [3.8, 4) is 11.8 Å². The lowest BCUT2D eigenvalue weighted by molar-refractivity contribution is -0.139. The van der Waals surface area contributed by atoms with Gasteiger partial charge in [0.1, 0.15) is 24.0 Å². The highest BCUT2D eigenvalue weighted by Gasteiger charge is 2.30. The molecule has 7 nitrogen and oxygen atoms in total. The van der Waals surface area contributed by atoms with Gasteiger partial charge >= 0.3 is 5.97 Å². The number of nitriles is 1. The molecule has 170 valence electrons. The molecule has 1 aliphatic rings. The maximum Gasteiger partial charge on any atom is 0.333 e. The van der Waals surface area contributed by atoms with E-state index in [4.69, 9.17) is 9.47 Å². The van der Waals surface area contributed by atoms with Crippen molar-refractivity contribution >= 4 is 28.8 Å². The molecule has 0 radical (unpaired) electrons. The van der Waals surface area contributed by atoms with Crippen LogP contribution in [0.5, 0.6) is 5.75 Å². The van der Waals surface area contributed by atoms with E-state index in [-0.39, 0.29) is 24.3 Å². The average molecular weight is 446 g/mol.